The number of nitrogens with zero attached hydrogens (tertiary/aromatic N) is 1. The Morgan fingerprint density at radius 2 is 1.96 bits per heavy atom. The standard InChI is InChI=1S/C22H23NO5/c24-13-22-9-16-3-1-2-4-18(16)26-11-17(22)10-23(12-22)21(25)8-15-5-6-19-20(7-15)28-14-27-19/h1-7,17,24H,8-14H2/t17-,22-/m0/s1. The van der Waals surface area contributed by atoms with Crippen LogP contribution in [0.1, 0.15) is 11.1 Å². The van der Waals surface area contributed by atoms with Gasteiger partial charge in [-0.25, -0.2) is 0 Å². The molecule has 1 amide bonds. The molecule has 1 N–H and O–H groups in total. The number of hydrogen-bond acceptors (Lipinski definition) is 5. The lowest BCUT2D eigenvalue weighted by atomic mass is 9.75. The molecule has 0 radical (unpaired) electrons. The van der Waals surface area contributed by atoms with Gasteiger partial charge in [-0.2, -0.15) is 0 Å². The number of ether oxygens (including phenoxy) is 3. The van der Waals surface area contributed by atoms with Crippen LogP contribution in [0.5, 0.6) is 17.2 Å². The van der Waals surface area contributed by atoms with Gasteiger partial charge < -0.3 is 24.2 Å². The van der Waals surface area contributed by atoms with Gasteiger partial charge >= 0.3 is 0 Å². The van der Waals surface area contributed by atoms with E-state index in [2.05, 4.69) is 0 Å². The maximum Gasteiger partial charge on any atom is 0.231 e. The predicted molar refractivity (Wildman–Crippen MR) is 101 cm³/mol. The normalized spacial score (nSPS) is 24.9. The van der Waals surface area contributed by atoms with Gasteiger partial charge in [-0.15, -0.1) is 0 Å². The Morgan fingerprint density at radius 3 is 2.86 bits per heavy atom. The van der Waals surface area contributed by atoms with Gasteiger partial charge in [-0.1, -0.05) is 24.3 Å². The molecule has 0 bridgehead atoms. The molecular weight excluding hydrogens is 358 g/mol. The van der Waals surface area contributed by atoms with Crippen LogP contribution in [0, 0.1) is 11.3 Å². The first-order valence-electron chi connectivity index (χ1n) is 9.65. The number of likely N-dealkylation sites (tertiary alicyclic amines) is 1. The van der Waals surface area contributed by atoms with Crippen LogP contribution in [0.2, 0.25) is 0 Å². The molecule has 0 unspecified atom stereocenters. The monoisotopic (exact) mass is 381 g/mol. The lowest BCUT2D eigenvalue weighted by Crippen LogP contribution is -2.38. The summed E-state index contributed by atoms with van der Waals surface area (Å²) in [7, 11) is 0. The highest BCUT2D eigenvalue weighted by molar-refractivity contribution is 5.79. The minimum atomic E-state index is -0.350. The van der Waals surface area contributed by atoms with Crippen molar-refractivity contribution in [2.45, 2.75) is 12.8 Å². The summed E-state index contributed by atoms with van der Waals surface area (Å²) in [6.45, 7) is 1.95. The van der Waals surface area contributed by atoms with Crippen molar-refractivity contribution in [1.82, 2.24) is 4.90 Å². The first kappa shape index (κ1) is 17.4. The van der Waals surface area contributed by atoms with Gasteiger partial charge in [0, 0.05) is 24.4 Å². The molecule has 2 aromatic carbocycles. The molecule has 1 fully saturated rings. The summed E-state index contributed by atoms with van der Waals surface area (Å²) in [6, 6.07) is 13.6. The van der Waals surface area contributed by atoms with Crippen molar-refractivity contribution in [1.29, 1.82) is 0 Å². The third-order valence-corrected chi connectivity index (χ3v) is 6.23. The molecule has 1 saturated heterocycles. The van der Waals surface area contributed by atoms with E-state index in [1.165, 1.54) is 0 Å². The third kappa shape index (κ3) is 2.88. The van der Waals surface area contributed by atoms with Crippen LogP contribution in [0.4, 0.5) is 0 Å². The molecule has 3 heterocycles. The molecular formula is C22H23NO5. The Hall–Kier alpha value is -2.73. The molecule has 0 aromatic heterocycles. The Morgan fingerprint density at radius 1 is 1.11 bits per heavy atom. The largest absolute Gasteiger partial charge is 0.493 e. The fourth-order valence-corrected chi connectivity index (χ4v) is 4.59. The number of amides is 1. The molecule has 2 aromatic rings. The van der Waals surface area contributed by atoms with Crippen LogP contribution in [0.25, 0.3) is 0 Å². The van der Waals surface area contributed by atoms with E-state index in [0.717, 1.165) is 29.0 Å². The second kappa shape index (κ2) is 6.71. The summed E-state index contributed by atoms with van der Waals surface area (Å²) < 4.78 is 16.7. The van der Waals surface area contributed by atoms with Gasteiger partial charge in [0.05, 0.1) is 19.6 Å². The van der Waals surface area contributed by atoms with Crippen molar-refractivity contribution in [2.24, 2.45) is 11.3 Å². The quantitative estimate of drug-likeness (QED) is 0.881. The molecule has 6 heteroatoms. The molecule has 2 atom stereocenters. The summed E-state index contributed by atoms with van der Waals surface area (Å²) in [4.78, 5) is 14.9. The fourth-order valence-electron chi connectivity index (χ4n) is 4.59. The van der Waals surface area contributed by atoms with Gasteiger partial charge in [-0.3, -0.25) is 4.79 Å². The second-order valence-electron chi connectivity index (χ2n) is 7.95. The molecule has 0 spiro atoms. The number of hydrogen-bond donors (Lipinski definition) is 1. The van der Waals surface area contributed by atoms with E-state index in [-0.39, 0.29) is 30.6 Å². The van der Waals surface area contributed by atoms with Gasteiger partial charge in [0.1, 0.15) is 5.75 Å². The number of para-hydroxylation sites is 1. The first-order valence-corrected chi connectivity index (χ1v) is 9.65. The van der Waals surface area contributed by atoms with Crippen LogP contribution in [0.3, 0.4) is 0 Å². The minimum absolute atomic E-state index is 0.0448. The molecule has 146 valence electrons. The average Bonchev–Trinajstić information content (AvgIpc) is 3.28. The molecule has 3 aliphatic heterocycles. The topological polar surface area (TPSA) is 68.2 Å². The van der Waals surface area contributed by atoms with Crippen LogP contribution < -0.4 is 14.2 Å². The van der Waals surface area contributed by atoms with Gasteiger partial charge in [0.25, 0.3) is 0 Å². The van der Waals surface area contributed by atoms with E-state index in [1.807, 2.05) is 47.4 Å². The van der Waals surface area contributed by atoms with Gasteiger partial charge in [0.15, 0.2) is 11.5 Å². The highest BCUT2D eigenvalue weighted by atomic mass is 16.7. The molecule has 6 nitrogen and oxygen atoms in total. The van der Waals surface area contributed by atoms with Crippen LogP contribution >= 0.6 is 0 Å². The highest BCUT2D eigenvalue weighted by Crippen LogP contribution is 2.43. The van der Waals surface area contributed by atoms with E-state index < -0.39 is 0 Å². The zero-order chi connectivity index (χ0) is 19.1. The number of carbonyl (C=O) groups is 1. The number of fused-ring (bicyclic) bond motifs is 3. The summed E-state index contributed by atoms with van der Waals surface area (Å²) in [5.74, 6) is 2.48. The molecule has 28 heavy (non-hydrogen) atoms. The third-order valence-electron chi connectivity index (χ3n) is 6.23. The second-order valence-corrected chi connectivity index (χ2v) is 7.95. The summed E-state index contributed by atoms with van der Waals surface area (Å²) in [6.07, 6.45) is 1.03. The lowest BCUT2D eigenvalue weighted by molar-refractivity contribution is -0.130. The van der Waals surface area contributed by atoms with E-state index in [1.54, 1.807) is 0 Å². The van der Waals surface area contributed by atoms with Crippen molar-refractivity contribution in [2.75, 3.05) is 33.1 Å². The number of rotatable bonds is 3. The smallest absolute Gasteiger partial charge is 0.231 e. The SMILES string of the molecule is O=C(Cc1ccc2c(c1)OCO2)N1C[C@H]2COc3ccccc3C[C@@]2(CO)C1. The van der Waals surface area contributed by atoms with Crippen LogP contribution in [-0.2, 0) is 17.6 Å². The summed E-state index contributed by atoms with van der Waals surface area (Å²) in [5.41, 5.74) is 1.65. The van der Waals surface area contributed by atoms with Gasteiger partial charge in [-0.05, 0) is 35.7 Å². The lowest BCUT2D eigenvalue weighted by Gasteiger charge is -2.30. The maximum absolute atomic E-state index is 13.0. The fraction of sp³-hybridized carbons (Fsp3) is 0.409. The zero-order valence-electron chi connectivity index (χ0n) is 15.6. The maximum atomic E-state index is 13.0. The summed E-state index contributed by atoms with van der Waals surface area (Å²) >= 11 is 0. The van der Waals surface area contributed by atoms with Crippen molar-refractivity contribution < 1.29 is 24.1 Å². The molecule has 5 rings (SSSR count). The number of aliphatic hydroxyl groups is 1. The van der Waals surface area contributed by atoms with E-state index in [4.69, 9.17) is 14.2 Å². The van der Waals surface area contributed by atoms with E-state index in [9.17, 15) is 9.90 Å². The minimum Gasteiger partial charge on any atom is -0.493 e. The predicted octanol–water partition coefficient (Wildman–Crippen LogP) is 2.03. The Balaban J connectivity index is 1.33. The number of benzene rings is 2. The van der Waals surface area contributed by atoms with Crippen molar-refractivity contribution in [3.63, 3.8) is 0 Å². The van der Waals surface area contributed by atoms with E-state index >= 15 is 0 Å². The van der Waals surface area contributed by atoms with Crippen LogP contribution in [-0.4, -0.2) is 49.0 Å². The van der Waals surface area contributed by atoms with E-state index in [0.29, 0.717) is 31.9 Å². The Kier molecular flexibility index (Phi) is 4.16. The first-order chi connectivity index (χ1) is 13.7. The Bertz CT molecular complexity index is 914. The number of carbonyl (C=O) groups excluding carboxylic acids is 1. The zero-order valence-corrected chi connectivity index (χ0v) is 15.6. The van der Waals surface area contributed by atoms with Crippen molar-refractivity contribution >= 4 is 5.91 Å². The summed E-state index contributed by atoms with van der Waals surface area (Å²) in [5, 5.41) is 10.3. The van der Waals surface area contributed by atoms with Gasteiger partial charge in [0.2, 0.25) is 12.7 Å². The molecule has 0 aliphatic carbocycles. The highest BCUT2D eigenvalue weighted by Gasteiger charge is 2.49. The number of aliphatic hydroxyl groups excluding tert-OH is 1. The molecule has 3 aliphatic rings. The average molecular weight is 381 g/mol. The molecule has 0 saturated carbocycles. The van der Waals surface area contributed by atoms with Crippen molar-refractivity contribution in [3.8, 4) is 17.2 Å². The van der Waals surface area contributed by atoms with Crippen LogP contribution in [0.15, 0.2) is 42.5 Å². The van der Waals surface area contributed by atoms with Crippen molar-refractivity contribution in [3.05, 3.63) is 53.6 Å². The Labute approximate surface area is 163 Å².